The van der Waals surface area contributed by atoms with Gasteiger partial charge in [0.1, 0.15) is 0 Å². The van der Waals surface area contributed by atoms with E-state index < -0.39 is 11.7 Å². The van der Waals surface area contributed by atoms with E-state index in [2.05, 4.69) is 116 Å². The molecule has 0 unspecified atom stereocenters. The quantitative estimate of drug-likeness (QED) is 0.174. The Morgan fingerprint density at radius 3 is 1.34 bits per heavy atom. The summed E-state index contributed by atoms with van der Waals surface area (Å²) in [4.78, 5) is 0. The Balaban J connectivity index is 1.39. The van der Waals surface area contributed by atoms with Gasteiger partial charge >= 0.3 is 6.18 Å². The molecule has 0 aliphatic carbocycles. The summed E-state index contributed by atoms with van der Waals surface area (Å²) in [5.41, 5.74) is 12.7. The Bertz CT molecular complexity index is 3400. The molecule has 0 atom stereocenters. The number of aryl methyl sites for hydroxylation is 4. The molecule has 0 aliphatic rings. The third-order valence-electron chi connectivity index (χ3n) is 12.1. The van der Waals surface area contributed by atoms with Crippen LogP contribution in [-0.4, -0.2) is 9.13 Å². The number of benzene rings is 8. The van der Waals surface area contributed by atoms with Gasteiger partial charge in [-0.1, -0.05) is 108 Å². The lowest BCUT2D eigenvalue weighted by molar-refractivity contribution is -0.137. The molecule has 0 amide bonds. The maximum atomic E-state index is 14.9. The predicted octanol–water partition coefficient (Wildman–Crippen LogP) is 14.9. The normalized spacial score (nSPS) is 11.8. The van der Waals surface area contributed by atoms with E-state index in [-0.39, 0.29) is 11.1 Å². The van der Waals surface area contributed by atoms with Gasteiger partial charge in [0.15, 0.2) is 0 Å². The molecule has 10 rings (SSSR count). The summed E-state index contributed by atoms with van der Waals surface area (Å²) in [7, 11) is 0. The molecule has 2 heterocycles. The lowest BCUT2D eigenvalue weighted by Crippen LogP contribution is -2.08. The Morgan fingerprint density at radius 1 is 0.435 bits per heavy atom. The van der Waals surface area contributed by atoms with Crippen LogP contribution >= 0.6 is 0 Å². The Hall–Kier alpha value is -7.87. The minimum absolute atomic E-state index is 0.130. The molecule has 0 aliphatic heterocycles. The van der Waals surface area contributed by atoms with Crippen LogP contribution in [0.2, 0.25) is 0 Å². The van der Waals surface area contributed by atoms with E-state index in [9.17, 15) is 23.7 Å². The van der Waals surface area contributed by atoms with Crippen LogP contribution in [0.3, 0.4) is 0 Å². The number of nitrogens with zero attached hydrogens (tertiary/aromatic N) is 4. The molecule has 0 saturated carbocycles. The highest BCUT2D eigenvalue weighted by atomic mass is 19.4. The molecule has 10 aromatic rings. The summed E-state index contributed by atoms with van der Waals surface area (Å²) in [5, 5.41) is 24.9. The molecule has 0 bridgehead atoms. The largest absolute Gasteiger partial charge is 0.416 e. The summed E-state index contributed by atoms with van der Waals surface area (Å²) < 4.78 is 48.7. The number of nitriles is 2. The van der Waals surface area contributed by atoms with Crippen molar-refractivity contribution in [1.82, 2.24) is 9.13 Å². The van der Waals surface area contributed by atoms with Crippen molar-refractivity contribution >= 4 is 43.6 Å². The first kappa shape index (κ1) is 38.3. The molecule has 7 heteroatoms. The average Bonchev–Trinajstić information content (AvgIpc) is 3.77. The highest BCUT2D eigenvalue weighted by Gasteiger charge is 2.33. The zero-order valence-corrected chi connectivity index (χ0v) is 34.4. The number of halogens is 3. The fourth-order valence-corrected chi connectivity index (χ4v) is 9.40. The first-order valence-electron chi connectivity index (χ1n) is 20.3. The van der Waals surface area contributed by atoms with Gasteiger partial charge in [-0.3, -0.25) is 0 Å². The summed E-state index contributed by atoms with van der Waals surface area (Å²) in [6.07, 6.45) is -4.74. The summed E-state index contributed by atoms with van der Waals surface area (Å²) in [6, 6.07) is 52.7. The Morgan fingerprint density at radius 2 is 0.887 bits per heavy atom. The van der Waals surface area contributed by atoms with Crippen LogP contribution in [0.15, 0.2) is 152 Å². The van der Waals surface area contributed by atoms with Crippen molar-refractivity contribution in [1.29, 1.82) is 10.5 Å². The van der Waals surface area contributed by atoms with E-state index in [0.717, 1.165) is 100 Å². The molecule has 0 spiro atoms. The second-order valence-electron chi connectivity index (χ2n) is 16.2. The molecule has 4 nitrogen and oxygen atoms in total. The Kier molecular flexibility index (Phi) is 8.91. The minimum atomic E-state index is -4.74. The topological polar surface area (TPSA) is 57.4 Å². The van der Waals surface area contributed by atoms with Gasteiger partial charge < -0.3 is 9.13 Å². The fraction of sp³-hybridized carbons (Fsp3) is 0.0909. The number of hydrogen-bond donors (Lipinski definition) is 0. The van der Waals surface area contributed by atoms with E-state index in [1.54, 1.807) is 12.1 Å². The number of fused-ring (bicyclic) bond motifs is 6. The van der Waals surface area contributed by atoms with Crippen LogP contribution in [0.1, 0.15) is 38.9 Å². The zero-order chi connectivity index (χ0) is 43.0. The zero-order valence-electron chi connectivity index (χ0n) is 34.4. The lowest BCUT2D eigenvalue weighted by atomic mass is 9.94. The second kappa shape index (κ2) is 14.4. The van der Waals surface area contributed by atoms with Crippen molar-refractivity contribution < 1.29 is 13.2 Å². The van der Waals surface area contributed by atoms with E-state index in [1.165, 1.54) is 6.07 Å². The number of rotatable bonds is 5. The molecular weight excluding hydrogens is 774 g/mol. The van der Waals surface area contributed by atoms with Crippen molar-refractivity contribution in [3.05, 3.63) is 191 Å². The van der Waals surface area contributed by atoms with Crippen molar-refractivity contribution in [3.8, 4) is 56.9 Å². The van der Waals surface area contributed by atoms with E-state index in [1.807, 2.05) is 54.6 Å². The molecular formula is C55H37F3N4. The van der Waals surface area contributed by atoms with Gasteiger partial charge in [-0.15, -0.1) is 0 Å². The maximum Gasteiger partial charge on any atom is 0.416 e. The van der Waals surface area contributed by atoms with Crippen molar-refractivity contribution in [2.24, 2.45) is 0 Å². The average molecular weight is 811 g/mol. The monoisotopic (exact) mass is 810 g/mol. The Labute approximate surface area is 356 Å². The third kappa shape index (κ3) is 6.21. The fourth-order valence-electron chi connectivity index (χ4n) is 9.40. The predicted molar refractivity (Wildman–Crippen MR) is 245 cm³/mol. The number of para-hydroxylation sites is 2. The molecule has 0 N–H and O–H groups in total. The molecule has 0 fully saturated rings. The van der Waals surface area contributed by atoms with Crippen molar-refractivity contribution in [3.63, 3.8) is 0 Å². The first-order valence-corrected chi connectivity index (χ1v) is 20.3. The molecule has 8 aromatic carbocycles. The van der Waals surface area contributed by atoms with Gasteiger partial charge in [-0.05, 0) is 121 Å². The van der Waals surface area contributed by atoms with Gasteiger partial charge in [0.25, 0.3) is 0 Å². The van der Waals surface area contributed by atoms with Crippen LogP contribution in [0, 0.1) is 50.4 Å². The van der Waals surface area contributed by atoms with Gasteiger partial charge in [0.05, 0.1) is 62.3 Å². The summed E-state index contributed by atoms with van der Waals surface area (Å²) in [5.74, 6) is 0. The van der Waals surface area contributed by atoms with Crippen LogP contribution in [0.4, 0.5) is 13.2 Å². The van der Waals surface area contributed by atoms with E-state index in [0.29, 0.717) is 22.5 Å². The van der Waals surface area contributed by atoms with Crippen molar-refractivity contribution in [2.75, 3.05) is 0 Å². The second-order valence-corrected chi connectivity index (χ2v) is 16.2. The summed E-state index contributed by atoms with van der Waals surface area (Å²) in [6.45, 7) is 8.29. The lowest BCUT2D eigenvalue weighted by Gasteiger charge is -2.22. The third-order valence-corrected chi connectivity index (χ3v) is 12.1. The number of aromatic nitrogens is 2. The van der Waals surface area contributed by atoms with Crippen LogP contribution in [0.5, 0.6) is 0 Å². The highest BCUT2D eigenvalue weighted by Crippen LogP contribution is 2.45. The number of alkyl halides is 3. The van der Waals surface area contributed by atoms with Gasteiger partial charge in [0, 0.05) is 27.1 Å². The smallest absolute Gasteiger partial charge is 0.308 e. The highest BCUT2D eigenvalue weighted by molar-refractivity contribution is 6.13. The molecule has 62 heavy (non-hydrogen) atoms. The molecule has 0 saturated heterocycles. The summed E-state index contributed by atoms with van der Waals surface area (Å²) >= 11 is 0. The van der Waals surface area contributed by atoms with E-state index >= 15 is 0 Å². The van der Waals surface area contributed by atoms with Gasteiger partial charge in [0.2, 0.25) is 0 Å². The van der Waals surface area contributed by atoms with E-state index in [4.69, 9.17) is 0 Å². The maximum absolute atomic E-state index is 14.9. The van der Waals surface area contributed by atoms with Crippen LogP contribution in [-0.2, 0) is 6.18 Å². The van der Waals surface area contributed by atoms with Gasteiger partial charge in [-0.25, -0.2) is 0 Å². The SMILES string of the molecule is Cc1ccc(-c2ccc3c4ccccc4n(-c4cc(C#N)cc(-n5c6ccccc6c6ccc(-c7ccc(C)cc7C)cc65)c4-c4cc(C#N)cc(C(F)(F)F)c4)c3c2)c(C)c1. The van der Waals surface area contributed by atoms with Crippen molar-refractivity contribution in [2.45, 2.75) is 33.9 Å². The first-order chi connectivity index (χ1) is 29.9. The molecule has 0 radical (unpaired) electrons. The van der Waals surface area contributed by atoms with Crippen LogP contribution < -0.4 is 0 Å². The minimum Gasteiger partial charge on any atom is -0.308 e. The molecule has 298 valence electrons. The van der Waals surface area contributed by atoms with Crippen LogP contribution in [0.25, 0.3) is 88.4 Å². The standard InChI is InChI=1S/C55H37F3N4/c1-32-13-17-42(34(3)21-32)38-15-19-46-44-9-5-7-11-48(44)61(50(46)28-38)52-25-37(31-60)26-53(54(52)40-23-36(30-59)24-41(27-40)55(56,57)58)62-49-12-8-6-10-45(49)47-20-16-39(29-51(47)62)43-18-14-33(2)22-35(43)4/h5-29H,1-4H3. The van der Waals surface area contributed by atoms with Gasteiger partial charge in [-0.2, -0.15) is 23.7 Å². The number of hydrogen-bond acceptors (Lipinski definition) is 2. The molecule has 2 aromatic heterocycles.